The zero-order chi connectivity index (χ0) is 11.8. The third-order valence-corrected chi connectivity index (χ3v) is 3.16. The first-order chi connectivity index (χ1) is 8.24. The molecule has 0 amide bonds. The Balaban J connectivity index is 1.91. The number of anilines is 2. The Hall–Kier alpha value is -2.04. The van der Waals surface area contributed by atoms with Gasteiger partial charge in [-0.3, -0.25) is 0 Å². The first-order valence-electron chi connectivity index (χ1n) is 5.72. The average molecular weight is 229 g/mol. The molecule has 3 rings (SSSR count). The second-order valence-corrected chi connectivity index (χ2v) is 4.42. The van der Waals surface area contributed by atoms with Crippen LogP contribution in [0.3, 0.4) is 0 Å². The molecule has 2 N–H and O–H groups in total. The molecule has 0 fully saturated rings. The summed E-state index contributed by atoms with van der Waals surface area (Å²) < 4.78 is 2.08. The molecular formula is C12H15N5. The average Bonchev–Trinajstić information content (AvgIpc) is 2.75. The summed E-state index contributed by atoms with van der Waals surface area (Å²) in [6.07, 6.45) is 1.78. The number of nitrogens with two attached hydrogens (primary N) is 1. The van der Waals surface area contributed by atoms with Crippen LogP contribution < -0.4 is 10.6 Å². The monoisotopic (exact) mass is 229 g/mol. The molecule has 1 aliphatic rings. The Morgan fingerprint density at radius 1 is 1.29 bits per heavy atom. The molecule has 1 aromatic heterocycles. The quantitative estimate of drug-likeness (QED) is 0.746. The van der Waals surface area contributed by atoms with E-state index in [9.17, 15) is 0 Å². The van der Waals surface area contributed by atoms with E-state index >= 15 is 0 Å². The van der Waals surface area contributed by atoms with Gasteiger partial charge >= 0.3 is 0 Å². The third kappa shape index (κ3) is 1.73. The molecule has 88 valence electrons. The predicted molar refractivity (Wildman–Crippen MR) is 66.7 cm³/mol. The highest BCUT2D eigenvalue weighted by Gasteiger charge is 2.18. The fourth-order valence-corrected chi connectivity index (χ4v) is 2.23. The summed E-state index contributed by atoms with van der Waals surface area (Å²) >= 11 is 0. The molecule has 0 unspecified atom stereocenters. The fourth-order valence-electron chi connectivity index (χ4n) is 2.23. The molecule has 0 aliphatic carbocycles. The van der Waals surface area contributed by atoms with Crippen LogP contribution in [0.25, 0.3) is 0 Å². The number of benzene rings is 1. The van der Waals surface area contributed by atoms with Crippen LogP contribution in [0.15, 0.2) is 24.5 Å². The minimum atomic E-state index is 0.771. The highest BCUT2D eigenvalue weighted by atomic mass is 15.3. The molecule has 0 atom stereocenters. The van der Waals surface area contributed by atoms with Crippen molar-refractivity contribution in [2.75, 3.05) is 17.2 Å². The second-order valence-electron chi connectivity index (χ2n) is 4.42. The first-order valence-corrected chi connectivity index (χ1v) is 5.72. The van der Waals surface area contributed by atoms with Crippen molar-refractivity contribution in [3.05, 3.63) is 35.9 Å². The van der Waals surface area contributed by atoms with Crippen LogP contribution >= 0.6 is 0 Å². The zero-order valence-corrected chi connectivity index (χ0v) is 9.80. The number of aryl methyl sites for hydroxylation is 1. The summed E-state index contributed by atoms with van der Waals surface area (Å²) in [5.41, 5.74) is 9.17. The van der Waals surface area contributed by atoms with Gasteiger partial charge in [-0.15, -0.1) is 10.2 Å². The van der Waals surface area contributed by atoms with Crippen molar-refractivity contribution in [2.24, 2.45) is 0 Å². The topological polar surface area (TPSA) is 60.0 Å². The molecule has 5 heteroatoms. The second kappa shape index (κ2) is 3.76. The molecule has 17 heavy (non-hydrogen) atoms. The zero-order valence-electron chi connectivity index (χ0n) is 9.80. The Kier molecular flexibility index (Phi) is 2.24. The van der Waals surface area contributed by atoms with Crippen molar-refractivity contribution in [1.82, 2.24) is 14.8 Å². The summed E-state index contributed by atoms with van der Waals surface area (Å²) in [7, 11) is 0. The largest absolute Gasteiger partial charge is 0.397 e. The Morgan fingerprint density at radius 2 is 2.18 bits per heavy atom. The van der Waals surface area contributed by atoms with Gasteiger partial charge in [-0.05, 0) is 24.6 Å². The summed E-state index contributed by atoms with van der Waals surface area (Å²) in [6.45, 7) is 4.67. The van der Waals surface area contributed by atoms with Gasteiger partial charge in [0.15, 0.2) is 5.82 Å². The normalized spacial score (nSPS) is 14.8. The van der Waals surface area contributed by atoms with Crippen molar-refractivity contribution >= 4 is 11.4 Å². The standard InChI is InChI=1S/C12H15N5/c1-9-2-3-11(10(13)6-9)16-4-5-17-8-14-15-12(17)7-16/h2-3,6,8H,4-5,7,13H2,1H3. The van der Waals surface area contributed by atoms with E-state index in [1.54, 1.807) is 6.33 Å². The number of nitrogen functional groups attached to an aromatic ring is 1. The number of hydrogen-bond donors (Lipinski definition) is 1. The molecule has 1 aliphatic heterocycles. The number of fused-ring (bicyclic) bond motifs is 1. The van der Waals surface area contributed by atoms with Crippen molar-refractivity contribution < 1.29 is 0 Å². The number of rotatable bonds is 1. The molecule has 0 saturated heterocycles. The Morgan fingerprint density at radius 3 is 3.00 bits per heavy atom. The van der Waals surface area contributed by atoms with Crippen molar-refractivity contribution in [2.45, 2.75) is 20.0 Å². The smallest absolute Gasteiger partial charge is 0.152 e. The maximum atomic E-state index is 6.06. The van der Waals surface area contributed by atoms with Crippen molar-refractivity contribution in [3.8, 4) is 0 Å². The highest BCUT2D eigenvalue weighted by molar-refractivity contribution is 5.68. The van der Waals surface area contributed by atoms with Gasteiger partial charge in [-0.25, -0.2) is 0 Å². The Labute approximate surface area is 99.9 Å². The van der Waals surface area contributed by atoms with E-state index in [4.69, 9.17) is 5.73 Å². The van der Waals surface area contributed by atoms with Gasteiger partial charge in [-0.1, -0.05) is 6.07 Å². The molecule has 0 bridgehead atoms. The number of nitrogens with zero attached hydrogens (tertiary/aromatic N) is 4. The lowest BCUT2D eigenvalue weighted by molar-refractivity contribution is 0.560. The number of aromatic nitrogens is 3. The van der Waals surface area contributed by atoms with Gasteiger partial charge in [0.25, 0.3) is 0 Å². The van der Waals surface area contributed by atoms with Crippen molar-refractivity contribution in [1.29, 1.82) is 0 Å². The van der Waals surface area contributed by atoms with E-state index in [-0.39, 0.29) is 0 Å². The van der Waals surface area contributed by atoms with Gasteiger partial charge in [0.2, 0.25) is 0 Å². The van der Waals surface area contributed by atoms with Crippen LogP contribution in [-0.4, -0.2) is 21.3 Å². The van der Waals surface area contributed by atoms with E-state index in [1.807, 2.05) is 13.0 Å². The highest BCUT2D eigenvalue weighted by Crippen LogP contribution is 2.26. The van der Waals surface area contributed by atoms with Gasteiger partial charge in [-0.2, -0.15) is 0 Å². The lowest BCUT2D eigenvalue weighted by Gasteiger charge is -2.30. The maximum absolute atomic E-state index is 6.06. The first kappa shape index (κ1) is 10.1. The molecule has 2 aromatic rings. The van der Waals surface area contributed by atoms with Crippen molar-refractivity contribution in [3.63, 3.8) is 0 Å². The summed E-state index contributed by atoms with van der Waals surface area (Å²) in [5.74, 6) is 0.997. The van der Waals surface area contributed by atoms with Crippen LogP contribution in [0.5, 0.6) is 0 Å². The van der Waals surface area contributed by atoms with E-state index < -0.39 is 0 Å². The lowest BCUT2D eigenvalue weighted by Crippen LogP contribution is -2.34. The predicted octanol–water partition coefficient (Wildman–Crippen LogP) is 1.19. The van der Waals surface area contributed by atoms with E-state index in [2.05, 4.69) is 31.8 Å². The molecule has 0 radical (unpaired) electrons. The minimum absolute atomic E-state index is 0.771. The summed E-state index contributed by atoms with van der Waals surface area (Å²) in [5, 5.41) is 8.03. The van der Waals surface area contributed by atoms with E-state index in [0.29, 0.717) is 0 Å². The van der Waals surface area contributed by atoms with Gasteiger partial charge in [0.1, 0.15) is 6.33 Å². The van der Waals surface area contributed by atoms with Crippen LogP contribution in [0, 0.1) is 6.92 Å². The maximum Gasteiger partial charge on any atom is 0.152 e. The van der Waals surface area contributed by atoms with Crippen LogP contribution in [-0.2, 0) is 13.1 Å². The minimum Gasteiger partial charge on any atom is -0.397 e. The molecule has 1 aromatic carbocycles. The Bertz CT molecular complexity index is 546. The van der Waals surface area contributed by atoms with Crippen LogP contribution in [0.2, 0.25) is 0 Å². The van der Waals surface area contributed by atoms with Crippen LogP contribution in [0.1, 0.15) is 11.4 Å². The molecular weight excluding hydrogens is 214 g/mol. The lowest BCUT2D eigenvalue weighted by atomic mass is 10.1. The molecule has 5 nitrogen and oxygen atoms in total. The summed E-state index contributed by atoms with van der Waals surface area (Å²) in [4.78, 5) is 2.25. The molecule has 0 saturated carbocycles. The van der Waals surface area contributed by atoms with E-state index in [1.165, 1.54) is 5.56 Å². The third-order valence-electron chi connectivity index (χ3n) is 3.16. The van der Waals surface area contributed by atoms with E-state index in [0.717, 1.165) is 36.8 Å². The van der Waals surface area contributed by atoms with Gasteiger partial charge < -0.3 is 15.2 Å². The van der Waals surface area contributed by atoms with Gasteiger partial charge in [0, 0.05) is 13.1 Å². The SMILES string of the molecule is Cc1ccc(N2CCn3cnnc3C2)c(N)c1. The molecule has 0 spiro atoms. The molecule has 2 heterocycles. The number of hydrogen-bond acceptors (Lipinski definition) is 4. The fraction of sp³-hybridized carbons (Fsp3) is 0.333. The van der Waals surface area contributed by atoms with Gasteiger partial charge in [0.05, 0.1) is 17.9 Å². The van der Waals surface area contributed by atoms with Crippen LogP contribution in [0.4, 0.5) is 11.4 Å². The summed E-state index contributed by atoms with van der Waals surface area (Å²) in [6, 6.07) is 6.18.